The molecule has 5 nitrogen and oxygen atoms in total. The molecule has 3 aliphatic rings. The molecular weight excluding hydrogens is 350 g/mol. The van der Waals surface area contributed by atoms with E-state index in [0.717, 1.165) is 50.0 Å². The summed E-state index contributed by atoms with van der Waals surface area (Å²) in [5.74, 6) is 0.0721. The summed E-state index contributed by atoms with van der Waals surface area (Å²) in [6, 6.07) is 4.45. The molecule has 1 amide bonds. The minimum absolute atomic E-state index is 0.00127. The maximum Gasteiger partial charge on any atom is 0.257 e. The fraction of sp³-hybridized carbons (Fsp3) is 0.565. The first-order valence-corrected chi connectivity index (χ1v) is 10.7. The molecule has 1 atom stereocenters. The summed E-state index contributed by atoms with van der Waals surface area (Å²) in [4.78, 5) is 30.7. The van der Waals surface area contributed by atoms with E-state index in [-0.39, 0.29) is 11.7 Å². The van der Waals surface area contributed by atoms with Crippen LogP contribution in [0.4, 0.5) is 5.69 Å². The van der Waals surface area contributed by atoms with E-state index in [1.54, 1.807) is 4.90 Å². The van der Waals surface area contributed by atoms with Crippen LogP contribution in [0, 0.1) is 0 Å². The van der Waals surface area contributed by atoms with Gasteiger partial charge in [0.25, 0.3) is 5.91 Å². The third-order valence-corrected chi connectivity index (χ3v) is 6.39. The Morgan fingerprint density at radius 3 is 2.57 bits per heavy atom. The van der Waals surface area contributed by atoms with Crippen molar-refractivity contribution in [3.8, 4) is 0 Å². The Morgan fingerprint density at radius 2 is 1.89 bits per heavy atom. The van der Waals surface area contributed by atoms with Crippen LogP contribution in [0.25, 0.3) is 6.08 Å². The molecule has 28 heavy (non-hydrogen) atoms. The van der Waals surface area contributed by atoms with E-state index in [1.165, 1.54) is 0 Å². The number of carbonyl (C=O) groups is 2. The zero-order valence-corrected chi connectivity index (χ0v) is 17.2. The Hall–Kier alpha value is -2.14. The van der Waals surface area contributed by atoms with Gasteiger partial charge in [0.1, 0.15) is 6.04 Å². The number of ketones is 1. The first-order valence-electron chi connectivity index (χ1n) is 10.7. The molecule has 2 aliphatic heterocycles. The lowest BCUT2D eigenvalue weighted by Crippen LogP contribution is -2.51. The monoisotopic (exact) mass is 381 g/mol. The van der Waals surface area contributed by atoms with Crippen molar-refractivity contribution in [2.45, 2.75) is 64.6 Å². The van der Waals surface area contributed by atoms with Gasteiger partial charge in [-0.25, -0.2) is 0 Å². The third-order valence-electron chi connectivity index (χ3n) is 6.39. The van der Waals surface area contributed by atoms with E-state index >= 15 is 0 Å². The topological polar surface area (TPSA) is 52.7 Å². The summed E-state index contributed by atoms with van der Waals surface area (Å²) >= 11 is 0. The van der Waals surface area contributed by atoms with E-state index in [2.05, 4.69) is 31.0 Å². The first kappa shape index (κ1) is 19.2. The fourth-order valence-corrected chi connectivity index (χ4v) is 4.66. The van der Waals surface area contributed by atoms with Crippen LogP contribution in [-0.2, 0) is 0 Å². The molecule has 4 rings (SSSR count). The van der Waals surface area contributed by atoms with Gasteiger partial charge < -0.3 is 15.1 Å². The quantitative estimate of drug-likeness (QED) is 0.814. The molecule has 0 radical (unpaired) electrons. The molecule has 1 unspecified atom stereocenters. The van der Waals surface area contributed by atoms with Gasteiger partial charge in [0.15, 0.2) is 5.78 Å². The smallest absolute Gasteiger partial charge is 0.257 e. The molecule has 0 aromatic heterocycles. The van der Waals surface area contributed by atoms with Gasteiger partial charge in [0.2, 0.25) is 0 Å². The Bertz CT molecular complexity index is 806. The van der Waals surface area contributed by atoms with Crippen molar-refractivity contribution in [2.24, 2.45) is 0 Å². The first-order chi connectivity index (χ1) is 13.5. The Balaban J connectivity index is 1.62. The van der Waals surface area contributed by atoms with Crippen LogP contribution in [0.2, 0.25) is 0 Å². The molecule has 2 bridgehead atoms. The van der Waals surface area contributed by atoms with Crippen LogP contribution in [-0.4, -0.2) is 59.3 Å². The van der Waals surface area contributed by atoms with Crippen molar-refractivity contribution in [2.75, 3.05) is 25.0 Å². The highest BCUT2D eigenvalue weighted by Gasteiger charge is 2.41. The van der Waals surface area contributed by atoms with Crippen LogP contribution in [0.5, 0.6) is 0 Å². The molecule has 150 valence electrons. The van der Waals surface area contributed by atoms with Gasteiger partial charge in [-0.1, -0.05) is 31.6 Å². The van der Waals surface area contributed by atoms with Crippen molar-refractivity contribution >= 4 is 23.5 Å². The summed E-state index contributed by atoms with van der Waals surface area (Å²) in [5.41, 5.74) is 2.91. The molecule has 1 aromatic carbocycles. The number of benzene rings is 1. The molecule has 1 saturated heterocycles. The summed E-state index contributed by atoms with van der Waals surface area (Å²) < 4.78 is 0. The summed E-state index contributed by atoms with van der Waals surface area (Å²) in [5, 5.41) is 3.61. The number of hydrogen-bond donors (Lipinski definition) is 1. The van der Waals surface area contributed by atoms with Gasteiger partial charge in [0, 0.05) is 43.0 Å². The molecular formula is C23H31N3O2. The van der Waals surface area contributed by atoms with Gasteiger partial charge in [-0.2, -0.15) is 0 Å². The normalized spacial score (nSPS) is 22.3. The number of amides is 1. The van der Waals surface area contributed by atoms with E-state index < -0.39 is 6.04 Å². The van der Waals surface area contributed by atoms with E-state index in [4.69, 9.17) is 0 Å². The molecule has 1 aromatic rings. The lowest BCUT2D eigenvalue weighted by atomic mass is 9.83. The second-order valence-corrected chi connectivity index (χ2v) is 8.52. The predicted octanol–water partition coefficient (Wildman–Crippen LogP) is 3.81. The Morgan fingerprint density at radius 1 is 1.14 bits per heavy atom. The van der Waals surface area contributed by atoms with Gasteiger partial charge in [-0.15, -0.1) is 0 Å². The van der Waals surface area contributed by atoms with Crippen molar-refractivity contribution < 1.29 is 9.59 Å². The molecule has 5 heteroatoms. The zero-order valence-electron chi connectivity index (χ0n) is 17.2. The van der Waals surface area contributed by atoms with Gasteiger partial charge in [-0.05, 0) is 44.7 Å². The van der Waals surface area contributed by atoms with Gasteiger partial charge >= 0.3 is 0 Å². The van der Waals surface area contributed by atoms with Crippen molar-refractivity contribution in [3.05, 3.63) is 34.9 Å². The number of hydrogen-bond acceptors (Lipinski definition) is 4. The second-order valence-electron chi connectivity index (χ2n) is 8.52. The summed E-state index contributed by atoms with van der Waals surface area (Å²) in [7, 11) is 0. The van der Waals surface area contributed by atoms with Crippen LogP contribution in [0.15, 0.2) is 18.2 Å². The lowest BCUT2D eigenvalue weighted by Gasteiger charge is -2.39. The van der Waals surface area contributed by atoms with Crippen LogP contribution in [0.3, 0.4) is 0 Å². The average Bonchev–Trinajstić information content (AvgIpc) is 2.69. The Kier molecular flexibility index (Phi) is 5.28. The second kappa shape index (κ2) is 7.70. The maximum absolute atomic E-state index is 13.4. The number of unbranched alkanes of at least 4 members (excludes halogenated alkanes) is 1. The van der Waals surface area contributed by atoms with Crippen LogP contribution >= 0.6 is 0 Å². The van der Waals surface area contributed by atoms with Gasteiger partial charge in [-0.3, -0.25) is 9.59 Å². The molecule has 0 spiro atoms. The Labute approximate surface area is 167 Å². The lowest BCUT2D eigenvalue weighted by molar-refractivity contribution is 0.0617. The number of Topliss-reactive ketones (excluding diaryl/α,β-unsaturated/α-hetero) is 1. The predicted molar refractivity (Wildman–Crippen MR) is 113 cm³/mol. The SMILES string of the molecule is CCCCN1C(=O)c2c(NC3CCN(C(C)C)CC3)ccc3c2C(=O)C1C=C3. The third kappa shape index (κ3) is 3.26. The van der Waals surface area contributed by atoms with Crippen LogP contribution in [0.1, 0.15) is 72.7 Å². The number of likely N-dealkylation sites (tertiary alicyclic amines) is 1. The van der Waals surface area contributed by atoms with Crippen LogP contribution < -0.4 is 5.32 Å². The number of carbonyl (C=O) groups excluding carboxylic acids is 2. The highest BCUT2D eigenvalue weighted by Crippen LogP contribution is 2.36. The van der Waals surface area contributed by atoms with E-state index in [0.29, 0.717) is 29.8 Å². The molecule has 2 heterocycles. The molecule has 1 aliphatic carbocycles. The standard InChI is InChI=1S/C23H31N3O2/c1-4-5-12-26-19-9-7-16-6-8-18(21(23(26)28)20(16)22(19)27)24-17-10-13-25(14-11-17)15(2)3/h6-9,15,17,19,24H,4-5,10-14H2,1-3H3. The fourth-order valence-electron chi connectivity index (χ4n) is 4.66. The van der Waals surface area contributed by atoms with Crippen molar-refractivity contribution in [1.29, 1.82) is 0 Å². The number of nitrogens with one attached hydrogen (secondary N) is 1. The van der Waals surface area contributed by atoms with Crippen molar-refractivity contribution in [1.82, 2.24) is 9.80 Å². The van der Waals surface area contributed by atoms with E-state index in [1.807, 2.05) is 24.3 Å². The minimum Gasteiger partial charge on any atom is -0.382 e. The maximum atomic E-state index is 13.4. The summed E-state index contributed by atoms with van der Waals surface area (Å²) in [6.45, 7) is 9.34. The van der Waals surface area contributed by atoms with Gasteiger partial charge in [0.05, 0.1) is 5.56 Å². The average molecular weight is 382 g/mol. The number of anilines is 1. The minimum atomic E-state index is -0.427. The number of piperidine rings is 1. The molecule has 1 fully saturated rings. The van der Waals surface area contributed by atoms with E-state index in [9.17, 15) is 9.59 Å². The number of fused-ring (bicyclic) bond motifs is 1. The largest absolute Gasteiger partial charge is 0.382 e. The van der Waals surface area contributed by atoms with Crippen molar-refractivity contribution in [3.63, 3.8) is 0 Å². The zero-order chi connectivity index (χ0) is 19.8. The molecule has 0 saturated carbocycles. The number of nitrogens with zero attached hydrogens (tertiary/aromatic N) is 2. The molecule has 1 N–H and O–H groups in total. The highest BCUT2D eigenvalue weighted by atomic mass is 16.2. The summed E-state index contributed by atoms with van der Waals surface area (Å²) in [6.07, 6.45) is 7.91. The number of rotatable bonds is 6. The highest BCUT2D eigenvalue weighted by molar-refractivity contribution is 6.21.